The maximum atomic E-state index is 12.6. The molecule has 0 saturated carbocycles. The van der Waals surface area contributed by atoms with Crippen molar-refractivity contribution < 1.29 is 19.1 Å². The summed E-state index contributed by atoms with van der Waals surface area (Å²) in [5.41, 5.74) is 2.66. The third kappa shape index (κ3) is 9.57. The van der Waals surface area contributed by atoms with E-state index in [1.807, 2.05) is 60.7 Å². The lowest BCUT2D eigenvalue weighted by molar-refractivity contribution is -0.141. The van der Waals surface area contributed by atoms with E-state index in [0.717, 1.165) is 28.9 Å². The van der Waals surface area contributed by atoms with Crippen molar-refractivity contribution in [2.45, 2.75) is 31.7 Å². The molecule has 3 rings (SSSR count). The van der Waals surface area contributed by atoms with Crippen molar-refractivity contribution >= 4 is 35.2 Å². The summed E-state index contributed by atoms with van der Waals surface area (Å²) in [6.45, 7) is 0.527. The Labute approximate surface area is 221 Å². The minimum Gasteiger partial charge on any atom is -0.469 e. The van der Waals surface area contributed by atoms with E-state index >= 15 is 0 Å². The normalized spacial score (nSPS) is 11.3. The van der Waals surface area contributed by atoms with Crippen molar-refractivity contribution in [1.29, 1.82) is 0 Å². The largest absolute Gasteiger partial charge is 0.469 e. The quantitative estimate of drug-likeness (QED) is 0.225. The number of hydrogen-bond donors (Lipinski definition) is 3. The summed E-state index contributed by atoms with van der Waals surface area (Å²) >= 11 is 6.09. The fourth-order valence-corrected chi connectivity index (χ4v) is 3.88. The summed E-state index contributed by atoms with van der Waals surface area (Å²) in [7, 11) is 1.30. The van der Waals surface area contributed by atoms with Gasteiger partial charge in [-0.05, 0) is 53.8 Å². The number of carbonyl (C=O) groups excluding carboxylic acids is 3. The molecular formula is C28H31ClN4O4. The van der Waals surface area contributed by atoms with E-state index in [9.17, 15) is 14.4 Å². The predicted octanol–water partition coefficient (Wildman–Crippen LogP) is 4.52. The first-order chi connectivity index (χ1) is 17.9. The van der Waals surface area contributed by atoms with Gasteiger partial charge in [0.05, 0.1) is 26.1 Å². The van der Waals surface area contributed by atoms with Crippen LogP contribution in [0, 0.1) is 0 Å². The van der Waals surface area contributed by atoms with Gasteiger partial charge in [0.2, 0.25) is 11.8 Å². The van der Waals surface area contributed by atoms with Crippen molar-refractivity contribution in [3.8, 4) is 11.1 Å². The fraction of sp³-hybridized carbons (Fsp3) is 0.286. The first kappa shape index (κ1) is 27.7. The SMILES string of the molecule is COC(=O)CC(NC(=O)CNC(=O)CCCCNc1ccccn1)c1ccc(-c2cccc(Cl)c2)cc1. The number of amides is 2. The average molecular weight is 523 g/mol. The molecule has 1 heterocycles. The van der Waals surface area contributed by atoms with Crippen LogP contribution in [0.5, 0.6) is 0 Å². The van der Waals surface area contributed by atoms with Gasteiger partial charge in [-0.1, -0.05) is 54.1 Å². The van der Waals surface area contributed by atoms with Crippen LogP contribution in [0.15, 0.2) is 72.9 Å². The lowest BCUT2D eigenvalue weighted by Crippen LogP contribution is -2.39. The summed E-state index contributed by atoms with van der Waals surface area (Å²) in [4.78, 5) is 40.8. The average Bonchev–Trinajstić information content (AvgIpc) is 2.92. The Hall–Kier alpha value is -3.91. The summed E-state index contributed by atoms with van der Waals surface area (Å²) in [5.74, 6) is -0.252. The standard InChI is InChI=1S/C28H31ClN4O4/c1-37-28(36)18-24(21-13-11-20(12-14-21)22-7-6-8-23(29)17-22)33-27(35)19-32-26(34)10-3-5-16-31-25-9-2-4-15-30-25/h2,4,6-9,11-15,17,24H,3,5,10,16,18-19H2,1H3,(H,30,31)(H,32,34)(H,33,35). The van der Waals surface area contributed by atoms with E-state index < -0.39 is 17.9 Å². The van der Waals surface area contributed by atoms with Crippen LogP contribution in [0.2, 0.25) is 5.02 Å². The number of ether oxygens (including phenoxy) is 1. The number of hydrogen-bond acceptors (Lipinski definition) is 6. The molecular weight excluding hydrogens is 492 g/mol. The Morgan fingerprint density at radius 1 is 0.946 bits per heavy atom. The van der Waals surface area contributed by atoms with Gasteiger partial charge in [-0.25, -0.2) is 4.98 Å². The predicted molar refractivity (Wildman–Crippen MR) is 144 cm³/mol. The Kier molecular flexibility index (Phi) is 10.9. The van der Waals surface area contributed by atoms with Gasteiger partial charge in [-0.3, -0.25) is 14.4 Å². The van der Waals surface area contributed by atoms with Crippen LogP contribution < -0.4 is 16.0 Å². The zero-order valence-electron chi connectivity index (χ0n) is 20.7. The lowest BCUT2D eigenvalue weighted by Gasteiger charge is -2.19. The molecule has 2 amide bonds. The molecule has 0 radical (unpaired) electrons. The van der Waals surface area contributed by atoms with Crippen LogP contribution in [0.1, 0.15) is 37.3 Å². The summed E-state index contributed by atoms with van der Waals surface area (Å²) in [6.07, 6.45) is 3.47. The number of carbonyl (C=O) groups is 3. The molecule has 37 heavy (non-hydrogen) atoms. The molecule has 0 aliphatic carbocycles. The van der Waals surface area contributed by atoms with Gasteiger partial charge in [-0.2, -0.15) is 0 Å². The molecule has 0 fully saturated rings. The van der Waals surface area contributed by atoms with Gasteiger partial charge < -0.3 is 20.7 Å². The van der Waals surface area contributed by atoms with E-state index in [1.54, 1.807) is 12.3 Å². The second-order valence-electron chi connectivity index (χ2n) is 8.41. The smallest absolute Gasteiger partial charge is 0.307 e. The van der Waals surface area contributed by atoms with Crippen molar-refractivity contribution in [2.75, 3.05) is 25.5 Å². The highest BCUT2D eigenvalue weighted by molar-refractivity contribution is 6.30. The Bertz CT molecular complexity index is 1170. The molecule has 3 N–H and O–H groups in total. The third-order valence-corrected chi connectivity index (χ3v) is 5.89. The first-order valence-corrected chi connectivity index (χ1v) is 12.5. The zero-order valence-corrected chi connectivity index (χ0v) is 21.5. The molecule has 0 spiro atoms. The molecule has 0 aliphatic heterocycles. The van der Waals surface area contributed by atoms with Crippen LogP contribution in [-0.4, -0.2) is 43.0 Å². The Morgan fingerprint density at radius 3 is 2.46 bits per heavy atom. The van der Waals surface area contributed by atoms with Crippen molar-refractivity contribution in [2.24, 2.45) is 0 Å². The minimum absolute atomic E-state index is 0.0318. The number of pyridine rings is 1. The monoisotopic (exact) mass is 522 g/mol. The summed E-state index contributed by atoms with van der Waals surface area (Å²) in [6, 6.07) is 20.0. The Morgan fingerprint density at radius 2 is 1.76 bits per heavy atom. The Balaban J connectivity index is 1.47. The second-order valence-corrected chi connectivity index (χ2v) is 8.84. The molecule has 0 saturated heterocycles. The van der Waals surface area contributed by atoms with Crippen molar-refractivity contribution in [3.05, 3.63) is 83.5 Å². The van der Waals surface area contributed by atoms with Crippen molar-refractivity contribution in [1.82, 2.24) is 15.6 Å². The number of nitrogens with zero attached hydrogens (tertiary/aromatic N) is 1. The van der Waals surface area contributed by atoms with Crippen LogP contribution in [0.3, 0.4) is 0 Å². The summed E-state index contributed by atoms with van der Waals surface area (Å²) < 4.78 is 4.80. The number of methoxy groups -OCH3 is 1. The van der Waals surface area contributed by atoms with Crippen LogP contribution in [-0.2, 0) is 19.1 Å². The lowest BCUT2D eigenvalue weighted by atomic mass is 9.99. The second kappa shape index (κ2) is 14.6. The molecule has 3 aromatic rings. The number of aromatic nitrogens is 1. The topological polar surface area (TPSA) is 109 Å². The number of esters is 1. The number of unbranched alkanes of at least 4 members (excludes halogenated alkanes) is 1. The van der Waals surface area contributed by atoms with E-state index in [0.29, 0.717) is 24.4 Å². The van der Waals surface area contributed by atoms with E-state index in [4.69, 9.17) is 16.3 Å². The molecule has 8 nitrogen and oxygen atoms in total. The maximum absolute atomic E-state index is 12.6. The zero-order chi connectivity index (χ0) is 26.5. The minimum atomic E-state index is -0.595. The molecule has 1 unspecified atom stereocenters. The molecule has 1 aromatic heterocycles. The number of benzene rings is 2. The molecule has 0 aliphatic rings. The number of anilines is 1. The van der Waals surface area contributed by atoms with Gasteiger partial charge in [0.1, 0.15) is 5.82 Å². The molecule has 9 heteroatoms. The first-order valence-electron chi connectivity index (χ1n) is 12.1. The maximum Gasteiger partial charge on any atom is 0.307 e. The van der Waals surface area contributed by atoms with Gasteiger partial charge in [0.25, 0.3) is 0 Å². The number of halogens is 1. The summed E-state index contributed by atoms with van der Waals surface area (Å²) in [5, 5.41) is 9.29. The number of nitrogens with one attached hydrogen (secondary N) is 3. The van der Waals surface area contributed by atoms with Gasteiger partial charge in [0.15, 0.2) is 0 Å². The van der Waals surface area contributed by atoms with Crippen LogP contribution in [0.25, 0.3) is 11.1 Å². The molecule has 2 aromatic carbocycles. The number of rotatable bonds is 13. The third-order valence-electron chi connectivity index (χ3n) is 5.65. The van der Waals surface area contributed by atoms with Gasteiger partial charge in [-0.15, -0.1) is 0 Å². The van der Waals surface area contributed by atoms with E-state index in [-0.39, 0.29) is 18.9 Å². The van der Waals surface area contributed by atoms with Gasteiger partial charge >= 0.3 is 5.97 Å². The molecule has 194 valence electrons. The van der Waals surface area contributed by atoms with E-state index in [2.05, 4.69) is 20.9 Å². The van der Waals surface area contributed by atoms with Crippen molar-refractivity contribution in [3.63, 3.8) is 0 Å². The van der Waals surface area contributed by atoms with Crippen LogP contribution >= 0.6 is 11.6 Å². The van der Waals surface area contributed by atoms with Crippen LogP contribution in [0.4, 0.5) is 5.82 Å². The molecule has 1 atom stereocenters. The molecule has 0 bridgehead atoms. The fourth-order valence-electron chi connectivity index (χ4n) is 3.69. The highest BCUT2D eigenvalue weighted by Crippen LogP contribution is 2.25. The highest BCUT2D eigenvalue weighted by Gasteiger charge is 2.19. The van der Waals surface area contributed by atoms with E-state index in [1.165, 1.54) is 7.11 Å². The van der Waals surface area contributed by atoms with Gasteiger partial charge in [0, 0.05) is 24.2 Å². The highest BCUT2D eigenvalue weighted by atomic mass is 35.5.